The van der Waals surface area contributed by atoms with Gasteiger partial charge in [-0.15, -0.1) is 0 Å². The van der Waals surface area contributed by atoms with Crippen molar-refractivity contribution in [2.45, 2.75) is 11.8 Å². The number of aromatic nitrogens is 1. The topological polar surface area (TPSA) is 85.1 Å². The Morgan fingerprint density at radius 1 is 1.26 bits per heavy atom. The molecule has 2 rings (SSSR count). The second-order valence-electron chi connectivity index (χ2n) is 4.02. The van der Waals surface area contributed by atoms with Crippen LogP contribution in [-0.2, 0) is 10.0 Å². The van der Waals surface area contributed by atoms with Crippen molar-refractivity contribution in [2.24, 2.45) is 0 Å². The summed E-state index contributed by atoms with van der Waals surface area (Å²) >= 11 is 0. The number of nitrogens with zero attached hydrogens (tertiary/aromatic N) is 1. The van der Waals surface area contributed by atoms with Crippen molar-refractivity contribution in [3.05, 3.63) is 47.9 Å². The molecule has 0 atom stereocenters. The molecule has 1 heterocycles. The molecule has 1 aromatic heterocycles. The van der Waals surface area contributed by atoms with Gasteiger partial charge >= 0.3 is 0 Å². The average molecular weight is 281 g/mol. The third-order valence-electron chi connectivity index (χ3n) is 2.40. The van der Waals surface area contributed by atoms with E-state index in [-0.39, 0.29) is 11.5 Å². The van der Waals surface area contributed by atoms with Crippen LogP contribution in [0.1, 0.15) is 5.56 Å². The number of pyridine rings is 1. The molecule has 100 valence electrons. The fraction of sp³-hybridized carbons (Fsp3) is 0.0833. The van der Waals surface area contributed by atoms with Gasteiger partial charge in [0.05, 0.1) is 0 Å². The fourth-order valence-electron chi connectivity index (χ4n) is 1.45. The molecule has 2 aromatic rings. The molecule has 0 saturated carbocycles. The van der Waals surface area contributed by atoms with E-state index >= 15 is 0 Å². The molecule has 0 saturated heterocycles. The maximum absolute atomic E-state index is 13.5. The lowest BCUT2D eigenvalue weighted by atomic mass is 10.3. The normalized spacial score (nSPS) is 11.3. The number of anilines is 2. The Morgan fingerprint density at radius 2 is 2.00 bits per heavy atom. The third-order valence-corrected chi connectivity index (χ3v) is 3.76. The summed E-state index contributed by atoms with van der Waals surface area (Å²) in [5, 5.41) is 0. The lowest BCUT2D eigenvalue weighted by Gasteiger charge is -2.08. The van der Waals surface area contributed by atoms with Crippen LogP contribution in [0.15, 0.2) is 41.4 Å². The van der Waals surface area contributed by atoms with Gasteiger partial charge in [-0.2, -0.15) is 0 Å². The van der Waals surface area contributed by atoms with E-state index in [1.165, 1.54) is 18.3 Å². The average Bonchev–Trinajstić information content (AvgIpc) is 2.35. The number of hydrogen-bond donors (Lipinski definition) is 2. The van der Waals surface area contributed by atoms with Gasteiger partial charge in [-0.3, -0.25) is 4.72 Å². The van der Waals surface area contributed by atoms with Crippen molar-refractivity contribution in [2.75, 3.05) is 10.5 Å². The molecule has 0 aliphatic carbocycles. The standard InChI is InChI=1S/C12H12FN3O2S/c1-8-2-5-12(15-7-8)16-19(17,18)11-6-9(14)3-4-10(11)13/h2-7H,14H2,1H3,(H,15,16). The number of sulfonamides is 1. The van der Waals surface area contributed by atoms with E-state index in [0.29, 0.717) is 0 Å². The lowest BCUT2D eigenvalue weighted by molar-refractivity contribution is 0.570. The number of nitrogens with one attached hydrogen (secondary N) is 1. The first kappa shape index (κ1) is 13.3. The van der Waals surface area contributed by atoms with Crippen molar-refractivity contribution in [3.8, 4) is 0 Å². The van der Waals surface area contributed by atoms with Gasteiger partial charge in [-0.25, -0.2) is 17.8 Å². The van der Waals surface area contributed by atoms with Crippen molar-refractivity contribution in [1.82, 2.24) is 4.98 Å². The van der Waals surface area contributed by atoms with Gasteiger partial charge in [0.1, 0.15) is 16.5 Å². The lowest BCUT2D eigenvalue weighted by Crippen LogP contribution is -2.15. The third kappa shape index (κ3) is 3.00. The van der Waals surface area contributed by atoms with Crippen molar-refractivity contribution < 1.29 is 12.8 Å². The molecule has 7 heteroatoms. The Labute approximate surface area is 110 Å². The van der Waals surface area contributed by atoms with Gasteiger partial charge in [-0.1, -0.05) is 6.07 Å². The van der Waals surface area contributed by atoms with Crippen LogP contribution in [-0.4, -0.2) is 13.4 Å². The quantitative estimate of drug-likeness (QED) is 0.842. The number of nitrogens with two attached hydrogens (primary N) is 1. The predicted molar refractivity (Wildman–Crippen MR) is 70.6 cm³/mol. The second kappa shape index (κ2) is 4.85. The molecule has 1 aromatic carbocycles. The minimum Gasteiger partial charge on any atom is -0.399 e. The minimum absolute atomic E-state index is 0.118. The van der Waals surface area contributed by atoms with Gasteiger partial charge in [0.25, 0.3) is 10.0 Å². The highest BCUT2D eigenvalue weighted by molar-refractivity contribution is 7.92. The van der Waals surface area contributed by atoms with Crippen LogP contribution in [0.4, 0.5) is 15.9 Å². The second-order valence-corrected chi connectivity index (χ2v) is 5.67. The Balaban J connectivity index is 2.37. The maximum atomic E-state index is 13.5. The Morgan fingerprint density at radius 3 is 2.63 bits per heavy atom. The smallest absolute Gasteiger partial charge is 0.266 e. The highest BCUT2D eigenvalue weighted by atomic mass is 32.2. The first-order chi connectivity index (χ1) is 8.88. The van der Waals surface area contributed by atoms with Crippen LogP contribution in [0.3, 0.4) is 0 Å². The van der Waals surface area contributed by atoms with Crippen LogP contribution in [0.25, 0.3) is 0 Å². The summed E-state index contributed by atoms with van der Waals surface area (Å²) in [7, 11) is -4.05. The van der Waals surface area contributed by atoms with E-state index in [1.54, 1.807) is 6.07 Å². The maximum Gasteiger partial charge on any atom is 0.266 e. The van der Waals surface area contributed by atoms with E-state index in [4.69, 9.17) is 5.73 Å². The van der Waals surface area contributed by atoms with Gasteiger partial charge in [0.15, 0.2) is 0 Å². The zero-order valence-corrected chi connectivity index (χ0v) is 10.9. The monoisotopic (exact) mass is 281 g/mol. The molecule has 0 radical (unpaired) electrons. The van der Waals surface area contributed by atoms with Crippen LogP contribution in [0.5, 0.6) is 0 Å². The SMILES string of the molecule is Cc1ccc(NS(=O)(=O)c2cc(N)ccc2F)nc1. The van der Waals surface area contributed by atoms with Crippen molar-refractivity contribution >= 4 is 21.5 Å². The number of hydrogen-bond acceptors (Lipinski definition) is 4. The molecule has 3 N–H and O–H groups in total. The first-order valence-electron chi connectivity index (χ1n) is 5.39. The number of halogens is 1. The first-order valence-corrected chi connectivity index (χ1v) is 6.87. The van der Waals surface area contributed by atoms with Gasteiger partial charge in [0.2, 0.25) is 0 Å². The van der Waals surface area contributed by atoms with E-state index in [0.717, 1.165) is 17.7 Å². The molecule has 0 aliphatic rings. The summed E-state index contributed by atoms with van der Waals surface area (Å²) in [6.45, 7) is 1.82. The number of aryl methyl sites for hydroxylation is 1. The van der Waals surface area contributed by atoms with E-state index < -0.39 is 20.7 Å². The van der Waals surface area contributed by atoms with Crippen LogP contribution in [0, 0.1) is 12.7 Å². The van der Waals surface area contributed by atoms with Gasteiger partial charge in [0, 0.05) is 11.9 Å². The molecule has 0 aliphatic heterocycles. The number of nitrogen functional groups attached to an aromatic ring is 1. The molecule has 0 unspecified atom stereocenters. The van der Waals surface area contributed by atoms with Crippen LogP contribution < -0.4 is 10.5 Å². The zero-order chi connectivity index (χ0) is 14.0. The minimum atomic E-state index is -4.05. The summed E-state index contributed by atoms with van der Waals surface area (Å²) in [5.74, 6) is -0.749. The van der Waals surface area contributed by atoms with E-state index in [2.05, 4.69) is 9.71 Å². The zero-order valence-electron chi connectivity index (χ0n) is 10.1. The molecule has 19 heavy (non-hydrogen) atoms. The van der Waals surface area contributed by atoms with E-state index in [1.807, 2.05) is 6.92 Å². The fourth-order valence-corrected chi connectivity index (χ4v) is 2.57. The highest BCUT2D eigenvalue weighted by Crippen LogP contribution is 2.20. The summed E-state index contributed by atoms with van der Waals surface area (Å²) in [6, 6.07) is 6.55. The summed E-state index contributed by atoms with van der Waals surface area (Å²) in [6.07, 6.45) is 1.51. The van der Waals surface area contributed by atoms with Crippen LogP contribution in [0.2, 0.25) is 0 Å². The molecule has 0 fully saturated rings. The van der Waals surface area contributed by atoms with Gasteiger partial charge < -0.3 is 5.73 Å². The molecular weight excluding hydrogens is 269 g/mol. The molecular formula is C12H12FN3O2S. The number of benzene rings is 1. The number of rotatable bonds is 3. The highest BCUT2D eigenvalue weighted by Gasteiger charge is 2.19. The Kier molecular flexibility index (Phi) is 3.39. The molecule has 5 nitrogen and oxygen atoms in total. The van der Waals surface area contributed by atoms with Crippen molar-refractivity contribution in [3.63, 3.8) is 0 Å². The molecule has 0 spiro atoms. The van der Waals surface area contributed by atoms with Gasteiger partial charge in [-0.05, 0) is 36.8 Å². The Hall–Kier alpha value is -2.15. The molecule has 0 amide bonds. The largest absolute Gasteiger partial charge is 0.399 e. The van der Waals surface area contributed by atoms with Crippen LogP contribution >= 0.6 is 0 Å². The van der Waals surface area contributed by atoms with E-state index in [9.17, 15) is 12.8 Å². The summed E-state index contributed by atoms with van der Waals surface area (Å²) in [4.78, 5) is 3.39. The Bertz CT molecular complexity index is 699. The molecule has 0 bridgehead atoms. The summed E-state index contributed by atoms with van der Waals surface area (Å²) in [5.41, 5.74) is 6.52. The van der Waals surface area contributed by atoms with Crippen molar-refractivity contribution in [1.29, 1.82) is 0 Å². The summed E-state index contributed by atoms with van der Waals surface area (Å²) < 4.78 is 39.8. The predicted octanol–water partition coefficient (Wildman–Crippen LogP) is 1.91.